The van der Waals surface area contributed by atoms with Gasteiger partial charge < -0.3 is 16.0 Å². The highest BCUT2D eigenvalue weighted by Crippen LogP contribution is 2.21. The first-order chi connectivity index (χ1) is 13.4. The summed E-state index contributed by atoms with van der Waals surface area (Å²) in [4.78, 5) is 31.9. The number of nitrogens with one attached hydrogen (secondary N) is 3. The highest BCUT2D eigenvalue weighted by atomic mass is 35.5. The number of anilines is 4. The van der Waals surface area contributed by atoms with E-state index in [1.54, 1.807) is 36.4 Å². The molecule has 0 aliphatic carbocycles. The van der Waals surface area contributed by atoms with E-state index in [9.17, 15) is 9.59 Å². The number of amides is 2. The van der Waals surface area contributed by atoms with E-state index < -0.39 is 0 Å². The van der Waals surface area contributed by atoms with Gasteiger partial charge in [0.1, 0.15) is 5.69 Å². The summed E-state index contributed by atoms with van der Waals surface area (Å²) in [5.74, 6) is -0.231. The summed E-state index contributed by atoms with van der Waals surface area (Å²) in [6.07, 6.45) is 1.50. The largest absolute Gasteiger partial charge is 0.326 e. The van der Waals surface area contributed by atoms with Crippen molar-refractivity contribution in [3.05, 3.63) is 71.0 Å². The zero-order valence-electron chi connectivity index (χ0n) is 15.3. The lowest BCUT2D eigenvalue weighted by Crippen LogP contribution is -2.14. The SMILES string of the molecule is CC(=O)Nc1ccc(Nc2nccc(C(=O)Nc3ccc(C)c(Cl)c3)n2)cc1. The van der Waals surface area contributed by atoms with E-state index in [4.69, 9.17) is 11.6 Å². The average Bonchev–Trinajstić information content (AvgIpc) is 2.66. The molecule has 0 saturated carbocycles. The molecule has 2 aromatic carbocycles. The minimum atomic E-state index is -0.369. The van der Waals surface area contributed by atoms with Crippen LogP contribution in [0.5, 0.6) is 0 Å². The molecule has 0 atom stereocenters. The van der Waals surface area contributed by atoms with Crippen molar-refractivity contribution >= 4 is 46.4 Å². The van der Waals surface area contributed by atoms with Crippen molar-refractivity contribution in [3.8, 4) is 0 Å². The fraction of sp³-hybridized carbons (Fsp3) is 0.100. The molecule has 0 spiro atoms. The zero-order chi connectivity index (χ0) is 20.1. The van der Waals surface area contributed by atoms with Gasteiger partial charge in [0.25, 0.3) is 5.91 Å². The molecule has 0 unspecified atom stereocenters. The smallest absolute Gasteiger partial charge is 0.274 e. The monoisotopic (exact) mass is 395 g/mol. The van der Waals surface area contributed by atoms with Crippen molar-refractivity contribution < 1.29 is 9.59 Å². The van der Waals surface area contributed by atoms with Crippen LogP contribution in [0.4, 0.5) is 23.0 Å². The molecule has 3 N–H and O–H groups in total. The Hall–Kier alpha value is -3.45. The summed E-state index contributed by atoms with van der Waals surface area (Å²) in [7, 11) is 0. The van der Waals surface area contributed by atoms with Gasteiger partial charge in [-0.2, -0.15) is 0 Å². The maximum atomic E-state index is 12.4. The van der Waals surface area contributed by atoms with Crippen molar-refractivity contribution in [2.75, 3.05) is 16.0 Å². The molecule has 0 aliphatic rings. The number of benzene rings is 2. The number of hydrogen-bond acceptors (Lipinski definition) is 5. The molecule has 0 aliphatic heterocycles. The molecule has 8 heteroatoms. The van der Waals surface area contributed by atoms with Gasteiger partial charge in [-0.15, -0.1) is 0 Å². The Balaban J connectivity index is 1.70. The number of carbonyl (C=O) groups is 2. The fourth-order valence-corrected chi connectivity index (χ4v) is 2.56. The Morgan fingerprint density at radius 2 is 1.61 bits per heavy atom. The van der Waals surface area contributed by atoms with Gasteiger partial charge in [0.05, 0.1) is 0 Å². The molecule has 3 rings (SSSR count). The highest BCUT2D eigenvalue weighted by Gasteiger charge is 2.10. The van der Waals surface area contributed by atoms with Gasteiger partial charge in [-0.05, 0) is 55.0 Å². The number of nitrogens with zero attached hydrogens (tertiary/aromatic N) is 2. The number of aryl methyl sites for hydroxylation is 1. The van der Waals surface area contributed by atoms with Crippen molar-refractivity contribution in [2.45, 2.75) is 13.8 Å². The fourth-order valence-electron chi connectivity index (χ4n) is 2.38. The molecular weight excluding hydrogens is 378 g/mol. The molecule has 28 heavy (non-hydrogen) atoms. The second-order valence-electron chi connectivity index (χ2n) is 6.07. The van der Waals surface area contributed by atoms with Gasteiger partial charge in [-0.1, -0.05) is 17.7 Å². The van der Waals surface area contributed by atoms with E-state index in [0.717, 1.165) is 11.3 Å². The van der Waals surface area contributed by atoms with E-state index in [2.05, 4.69) is 25.9 Å². The molecule has 0 fully saturated rings. The number of rotatable bonds is 5. The number of hydrogen-bond donors (Lipinski definition) is 3. The van der Waals surface area contributed by atoms with Gasteiger partial charge in [0.2, 0.25) is 11.9 Å². The first kappa shape index (κ1) is 19.3. The van der Waals surface area contributed by atoms with Gasteiger partial charge in [0.15, 0.2) is 0 Å². The minimum absolute atomic E-state index is 0.141. The van der Waals surface area contributed by atoms with Crippen LogP contribution in [0, 0.1) is 6.92 Å². The summed E-state index contributed by atoms with van der Waals surface area (Å²) < 4.78 is 0. The first-order valence-corrected chi connectivity index (χ1v) is 8.84. The highest BCUT2D eigenvalue weighted by molar-refractivity contribution is 6.31. The van der Waals surface area contributed by atoms with Gasteiger partial charge in [-0.25, -0.2) is 9.97 Å². The third kappa shape index (κ3) is 5.05. The van der Waals surface area contributed by atoms with E-state index in [-0.39, 0.29) is 23.5 Å². The molecule has 0 saturated heterocycles. The van der Waals surface area contributed by atoms with Gasteiger partial charge in [-0.3, -0.25) is 9.59 Å². The summed E-state index contributed by atoms with van der Waals surface area (Å²) >= 11 is 6.09. The Bertz CT molecular complexity index is 1020. The van der Waals surface area contributed by atoms with E-state index in [1.807, 2.05) is 13.0 Å². The molecule has 2 amide bonds. The first-order valence-electron chi connectivity index (χ1n) is 8.46. The lowest BCUT2D eigenvalue weighted by Gasteiger charge is -2.09. The van der Waals surface area contributed by atoms with Crippen molar-refractivity contribution in [3.63, 3.8) is 0 Å². The standard InChI is InChI=1S/C20H18ClN5O2/c1-12-3-4-16(11-17(12)21)24-19(28)18-9-10-22-20(26-18)25-15-7-5-14(6-8-15)23-13(2)27/h3-11H,1-2H3,(H,23,27)(H,24,28)(H,22,25,26). The Kier molecular flexibility index (Phi) is 5.86. The lowest BCUT2D eigenvalue weighted by atomic mass is 10.2. The Labute approximate surface area is 167 Å². The normalized spacial score (nSPS) is 10.2. The Morgan fingerprint density at radius 1 is 0.929 bits per heavy atom. The van der Waals surface area contributed by atoms with Gasteiger partial charge in [0, 0.05) is 35.2 Å². The quantitative estimate of drug-likeness (QED) is 0.595. The summed E-state index contributed by atoms with van der Waals surface area (Å²) in [5, 5.41) is 9.05. The third-order valence-corrected chi connectivity index (χ3v) is 4.19. The molecule has 3 aromatic rings. The molecule has 0 bridgehead atoms. The van der Waals surface area contributed by atoms with Crippen molar-refractivity contribution in [1.82, 2.24) is 9.97 Å². The second kappa shape index (κ2) is 8.49. The van der Waals surface area contributed by atoms with E-state index in [1.165, 1.54) is 19.2 Å². The van der Waals surface area contributed by atoms with Gasteiger partial charge >= 0.3 is 0 Å². The molecular formula is C20H18ClN5O2. The minimum Gasteiger partial charge on any atom is -0.326 e. The average molecular weight is 396 g/mol. The number of carbonyl (C=O) groups excluding carboxylic acids is 2. The predicted octanol–water partition coefficient (Wildman–Crippen LogP) is 4.39. The van der Waals surface area contributed by atoms with Crippen LogP contribution in [-0.2, 0) is 4.79 Å². The maximum Gasteiger partial charge on any atom is 0.274 e. The third-order valence-electron chi connectivity index (χ3n) is 3.78. The second-order valence-corrected chi connectivity index (χ2v) is 6.47. The summed E-state index contributed by atoms with van der Waals surface area (Å²) in [5.41, 5.74) is 3.13. The molecule has 1 aromatic heterocycles. The van der Waals surface area contributed by atoms with Crippen LogP contribution in [0.1, 0.15) is 23.0 Å². The van der Waals surface area contributed by atoms with Crippen molar-refractivity contribution in [2.24, 2.45) is 0 Å². The van der Waals surface area contributed by atoms with Crippen LogP contribution >= 0.6 is 11.6 Å². The van der Waals surface area contributed by atoms with Crippen molar-refractivity contribution in [1.29, 1.82) is 0 Å². The van der Waals surface area contributed by atoms with E-state index >= 15 is 0 Å². The molecule has 0 radical (unpaired) electrons. The predicted molar refractivity (Wildman–Crippen MR) is 110 cm³/mol. The number of halogens is 1. The van der Waals surface area contributed by atoms with E-state index in [0.29, 0.717) is 16.4 Å². The Morgan fingerprint density at radius 3 is 2.29 bits per heavy atom. The summed E-state index contributed by atoms with van der Waals surface area (Å²) in [6, 6.07) is 13.9. The topological polar surface area (TPSA) is 96.0 Å². The van der Waals surface area contributed by atoms with Crippen LogP contribution < -0.4 is 16.0 Å². The van der Waals surface area contributed by atoms with Crippen LogP contribution in [0.3, 0.4) is 0 Å². The van der Waals surface area contributed by atoms with Crippen LogP contribution in [0.15, 0.2) is 54.7 Å². The number of aromatic nitrogens is 2. The molecule has 1 heterocycles. The molecule has 142 valence electrons. The van der Waals surface area contributed by atoms with Crippen LogP contribution in [-0.4, -0.2) is 21.8 Å². The maximum absolute atomic E-state index is 12.4. The molecule has 7 nitrogen and oxygen atoms in total. The summed E-state index contributed by atoms with van der Waals surface area (Å²) in [6.45, 7) is 3.33. The zero-order valence-corrected chi connectivity index (χ0v) is 16.0. The van der Waals surface area contributed by atoms with Crippen LogP contribution in [0.2, 0.25) is 5.02 Å². The van der Waals surface area contributed by atoms with Crippen LogP contribution in [0.25, 0.3) is 0 Å². The lowest BCUT2D eigenvalue weighted by molar-refractivity contribution is -0.114.